The van der Waals surface area contributed by atoms with Crippen LogP contribution < -0.4 is 15.6 Å². The summed E-state index contributed by atoms with van der Waals surface area (Å²) in [6, 6.07) is 11.9. The average molecular weight is 311 g/mol. The number of anilines is 1. The van der Waals surface area contributed by atoms with Gasteiger partial charge in [0.15, 0.2) is 0 Å². The molecular formula is C17H17N3O3. The number of ether oxygens (including phenoxy) is 1. The standard InChI is InChI=1S/C17H17N3O3/c1-3-23-15-8-6-14(7-9-15)19-16(21)11-20-12(2)4-5-13(10-18)17(20)22/h4-9H,3,11H2,1-2H3,(H,19,21). The van der Waals surface area contributed by atoms with Crippen LogP contribution in [0.2, 0.25) is 0 Å². The Morgan fingerprint density at radius 3 is 2.57 bits per heavy atom. The van der Waals surface area contributed by atoms with Gasteiger partial charge in [0, 0.05) is 11.4 Å². The maximum absolute atomic E-state index is 12.1. The molecule has 0 saturated heterocycles. The Morgan fingerprint density at radius 1 is 1.26 bits per heavy atom. The Morgan fingerprint density at radius 2 is 1.96 bits per heavy atom. The Labute approximate surface area is 133 Å². The summed E-state index contributed by atoms with van der Waals surface area (Å²) >= 11 is 0. The van der Waals surface area contributed by atoms with Gasteiger partial charge >= 0.3 is 0 Å². The number of benzene rings is 1. The van der Waals surface area contributed by atoms with E-state index in [4.69, 9.17) is 10.00 Å². The summed E-state index contributed by atoms with van der Waals surface area (Å²) in [4.78, 5) is 24.2. The first kappa shape index (κ1) is 16.3. The predicted molar refractivity (Wildman–Crippen MR) is 86.4 cm³/mol. The van der Waals surface area contributed by atoms with Gasteiger partial charge in [0.1, 0.15) is 23.9 Å². The molecule has 1 amide bonds. The molecule has 0 fully saturated rings. The molecule has 0 bridgehead atoms. The van der Waals surface area contributed by atoms with Crippen LogP contribution in [0.4, 0.5) is 5.69 Å². The summed E-state index contributed by atoms with van der Waals surface area (Å²) in [6.45, 7) is 4.04. The van der Waals surface area contributed by atoms with Crippen molar-refractivity contribution in [1.82, 2.24) is 4.57 Å². The second kappa shape index (κ2) is 7.27. The van der Waals surface area contributed by atoms with E-state index in [-0.39, 0.29) is 18.0 Å². The summed E-state index contributed by atoms with van der Waals surface area (Å²) in [5.74, 6) is 0.383. The molecule has 1 aromatic heterocycles. The van der Waals surface area contributed by atoms with Gasteiger partial charge < -0.3 is 14.6 Å². The third-order valence-electron chi connectivity index (χ3n) is 3.26. The van der Waals surface area contributed by atoms with E-state index in [0.717, 1.165) is 5.75 Å². The van der Waals surface area contributed by atoms with E-state index < -0.39 is 5.56 Å². The number of aryl methyl sites for hydroxylation is 1. The van der Waals surface area contributed by atoms with E-state index in [2.05, 4.69) is 5.32 Å². The number of nitriles is 1. The van der Waals surface area contributed by atoms with Crippen molar-refractivity contribution in [2.45, 2.75) is 20.4 Å². The highest BCUT2D eigenvalue weighted by Crippen LogP contribution is 2.15. The van der Waals surface area contributed by atoms with Gasteiger partial charge in [-0.25, -0.2) is 0 Å². The van der Waals surface area contributed by atoms with Gasteiger partial charge in [-0.1, -0.05) is 0 Å². The van der Waals surface area contributed by atoms with Crippen LogP contribution in [0.15, 0.2) is 41.2 Å². The number of hydrogen-bond acceptors (Lipinski definition) is 4. The summed E-state index contributed by atoms with van der Waals surface area (Å²) < 4.78 is 6.61. The monoisotopic (exact) mass is 311 g/mol. The molecule has 0 atom stereocenters. The largest absolute Gasteiger partial charge is 0.494 e. The highest BCUT2D eigenvalue weighted by Gasteiger charge is 2.10. The quantitative estimate of drug-likeness (QED) is 0.916. The van der Waals surface area contributed by atoms with Crippen molar-refractivity contribution in [3.8, 4) is 11.8 Å². The Bertz CT molecular complexity index is 801. The number of carbonyl (C=O) groups excluding carboxylic acids is 1. The summed E-state index contributed by atoms with van der Waals surface area (Å²) in [5.41, 5.74) is 0.787. The van der Waals surface area contributed by atoms with Crippen molar-refractivity contribution in [1.29, 1.82) is 5.26 Å². The molecule has 6 heteroatoms. The molecular weight excluding hydrogens is 294 g/mol. The minimum atomic E-state index is -0.464. The van der Waals surface area contributed by atoms with Crippen LogP contribution in [0, 0.1) is 18.3 Å². The molecule has 0 spiro atoms. The first-order valence-electron chi connectivity index (χ1n) is 7.18. The van der Waals surface area contributed by atoms with Gasteiger partial charge in [0.25, 0.3) is 5.56 Å². The fourth-order valence-electron chi connectivity index (χ4n) is 2.10. The zero-order valence-electron chi connectivity index (χ0n) is 13.0. The summed E-state index contributed by atoms with van der Waals surface area (Å²) in [7, 11) is 0. The minimum absolute atomic E-state index is 0.0180. The Kier molecular flexibility index (Phi) is 5.15. The maximum Gasteiger partial charge on any atom is 0.269 e. The summed E-state index contributed by atoms with van der Waals surface area (Å²) in [6.07, 6.45) is 0. The van der Waals surface area contributed by atoms with Gasteiger partial charge in [-0.15, -0.1) is 0 Å². The van der Waals surface area contributed by atoms with E-state index in [9.17, 15) is 9.59 Å². The van der Waals surface area contributed by atoms with Crippen molar-refractivity contribution in [2.75, 3.05) is 11.9 Å². The van der Waals surface area contributed by atoms with Crippen LogP contribution in [0.1, 0.15) is 18.2 Å². The van der Waals surface area contributed by atoms with Crippen molar-refractivity contribution < 1.29 is 9.53 Å². The van der Waals surface area contributed by atoms with Crippen LogP contribution in [0.3, 0.4) is 0 Å². The number of aromatic nitrogens is 1. The number of hydrogen-bond donors (Lipinski definition) is 1. The zero-order valence-corrected chi connectivity index (χ0v) is 13.0. The van der Waals surface area contributed by atoms with E-state index >= 15 is 0 Å². The van der Waals surface area contributed by atoms with E-state index in [1.807, 2.05) is 13.0 Å². The van der Waals surface area contributed by atoms with E-state index in [1.54, 1.807) is 37.3 Å². The normalized spacial score (nSPS) is 9.96. The maximum atomic E-state index is 12.1. The number of nitrogens with zero attached hydrogens (tertiary/aromatic N) is 2. The van der Waals surface area contributed by atoms with Gasteiger partial charge in [-0.3, -0.25) is 9.59 Å². The van der Waals surface area contributed by atoms with Crippen molar-refractivity contribution >= 4 is 11.6 Å². The molecule has 0 radical (unpaired) electrons. The molecule has 1 heterocycles. The number of rotatable bonds is 5. The second-order valence-corrected chi connectivity index (χ2v) is 4.90. The number of amides is 1. The average Bonchev–Trinajstić information content (AvgIpc) is 2.54. The molecule has 0 aliphatic carbocycles. The van der Waals surface area contributed by atoms with E-state index in [0.29, 0.717) is 18.0 Å². The number of carbonyl (C=O) groups is 1. The first-order chi connectivity index (χ1) is 11.0. The lowest BCUT2D eigenvalue weighted by atomic mass is 10.2. The number of nitrogens with one attached hydrogen (secondary N) is 1. The smallest absolute Gasteiger partial charge is 0.269 e. The lowest BCUT2D eigenvalue weighted by molar-refractivity contribution is -0.116. The highest BCUT2D eigenvalue weighted by molar-refractivity contribution is 5.90. The minimum Gasteiger partial charge on any atom is -0.494 e. The molecule has 1 N–H and O–H groups in total. The van der Waals surface area contributed by atoms with Crippen LogP contribution in [0.5, 0.6) is 5.75 Å². The fourth-order valence-corrected chi connectivity index (χ4v) is 2.10. The molecule has 118 valence electrons. The molecule has 0 aliphatic heterocycles. The molecule has 0 saturated carbocycles. The molecule has 1 aromatic carbocycles. The van der Waals surface area contributed by atoms with Crippen molar-refractivity contribution in [3.05, 3.63) is 58.0 Å². The third kappa shape index (κ3) is 3.98. The predicted octanol–water partition coefficient (Wildman–Crippen LogP) is 2.07. The Balaban J connectivity index is 2.11. The van der Waals surface area contributed by atoms with Gasteiger partial charge in [0.05, 0.1) is 6.61 Å². The number of pyridine rings is 1. The second-order valence-electron chi connectivity index (χ2n) is 4.90. The fraction of sp³-hybridized carbons (Fsp3) is 0.235. The molecule has 2 aromatic rings. The van der Waals surface area contributed by atoms with E-state index in [1.165, 1.54) is 10.6 Å². The molecule has 2 rings (SSSR count). The molecule has 23 heavy (non-hydrogen) atoms. The molecule has 0 aliphatic rings. The van der Waals surface area contributed by atoms with Gasteiger partial charge in [0.2, 0.25) is 5.91 Å². The van der Waals surface area contributed by atoms with Crippen LogP contribution in [-0.4, -0.2) is 17.1 Å². The molecule has 0 unspecified atom stereocenters. The lowest BCUT2D eigenvalue weighted by Crippen LogP contribution is -2.30. The van der Waals surface area contributed by atoms with Gasteiger partial charge in [-0.05, 0) is 50.2 Å². The van der Waals surface area contributed by atoms with Crippen LogP contribution in [-0.2, 0) is 11.3 Å². The third-order valence-corrected chi connectivity index (χ3v) is 3.26. The molecule has 6 nitrogen and oxygen atoms in total. The Hall–Kier alpha value is -3.07. The highest BCUT2D eigenvalue weighted by atomic mass is 16.5. The summed E-state index contributed by atoms with van der Waals surface area (Å²) in [5, 5.41) is 11.6. The van der Waals surface area contributed by atoms with Crippen molar-refractivity contribution in [2.24, 2.45) is 0 Å². The van der Waals surface area contributed by atoms with Crippen LogP contribution >= 0.6 is 0 Å². The van der Waals surface area contributed by atoms with Gasteiger partial charge in [-0.2, -0.15) is 5.26 Å². The lowest BCUT2D eigenvalue weighted by Gasteiger charge is -2.11. The first-order valence-corrected chi connectivity index (χ1v) is 7.18. The van der Waals surface area contributed by atoms with Crippen molar-refractivity contribution in [3.63, 3.8) is 0 Å². The zero-order chi connectivity index (χ0) is 16.8. The topological polar surface area (TPSA) is 84.1 Å². The van der Waals surface area contributed by atoms with Crippen LogP contribution in [0.25, 0.3) is 0 Å². The SMILES string of the molecule is CCOc1ccc(NC(=O)Cn2c(C)ccc(C#N)c2=O)cc1.